The maximum Gasteiger partial charge on any atom is 0.115 e. The number of aromatic hydroxyl groups is 1. The monoisotopic (exact) mass is 167 g/mol. The van der Waals surface area contributed by atoms with Crippen molar-refractivity contribution in [1.82, 2.24) is 5.48 Å². The van der Waals surface area contributed by atoms with Crippen molar-refractivity contribution in [3.63, 3.8) is 0 Å². The van der Waals surface area contributed by atoms with Gasteiger partial charge in [0.15, 0.2) is 0 Å². The van der Waals surface area contributed by atoms with Gasteiger partial charge in [-0.25, -0.2) is 0 Å². The van der Waals surface area contributed by atoms with Gasteiger partial charge in [0.25, 0.3) is 0 Å². The van der Waals surface area contributed by atoms with Crippen LogP contribution in [0.4, 0.5) is 0 Å². The Morgan fingerprint density at radius 1 is 1.50 bits per heavy atom. The second-order valence-electron chi connectivity index (χ2n) is 2.64. The van der Waals surface area contributed by atoms with E-state index in [4.69, 9.17) is 9.94 Å². The van der Waals surface area contributed by atoms with Crippen molar-refractivity contribution in [1.29, 1.82) is 0 Å². The number of rotatable bonds is 3. The van der Waals surface area contributed by atoms with Crippen LogP contribution in [0.15, 0.2) is 24.3 Å². The number of phenols is 1. The van der Waals surface area contributed by atoms with Crippen LogP contribution in [-0.2, 0) is 4.84 Å². The Labute approximate surface area is 71.9 Å². The first kappa shape index (κ1) is 9.03. The van der Waals surface area contributed by atoms with Crippen LogP contribution >= 0.6 is 0 Å². The Kier molecular flexibility index (Phi) is 3.08. The fourth-order valence-corrected chi connectivity index (χ4v) is 1.04. The SMILES string of the molecule is CONC(C)c1cccc(O)c1. The van der Waals surface area contributed by atoms with E-state index in [2.05, 4.69) is 5.48 Å². The summed E-state index contributed by atoms with van der Waals surface area (Å²) in [6.45, 7) is 1.96. The van der Waals surface area contributed by atoms with Gasteiger partial charge >= 0.3 is 0 Å². The molecule has 0 spiro atoms. The minimum absolute atomic E-state index is 0.0853. The third-order valence-electron chi connectivity index (χ3n) is 1.66. The van der Waals surface area contributed by atoms with Crippen molar-refractivity contribution >= 4 is 0 Å². The molecule has 1 rings (SSSR count). The van der Waals surface area contributed by atoms with Gasteiger partial charge in [-0.05, 0) is 24.6 Å². The lowest BCUT2D eigenvalue weighted by Crippen LogP contribution is -2.16. The highest BCUT2D eigenvalue weighted by Gasteiger charge is 2.03. The maximum atomic E-state index is 9.16. The van der Waals surface area contributed by atoms with Crippen LogP contribution in [0.25, 0.3) is 0 Å². The molecule has 0 aromatic heterocycles. The van der Waals surface area contributed by atoms with Crippen molar-refractivity contribution < 1.29 is 9.94 Å². The number of hydrogen-bond acceptors (Lipinski definition) is 3. The predicted molar refractivity (Wildman–Crippen MR) is 46.7 cm³/mol. The van der Waals surface area contributed by atoms with Gasteiger partial charge in [0.1, 0.15) is 5.75 Å². The number of phenolic OH excluding ortho intramolecular Hbond substituents is 1. The Morgan fingerprint density at radius 2 is 2.25 bits per heavy atom. The molecule has 0 fully saturated rings. The fourth-order valence-electron chi connectivity index (χ4n) is 1.04. The van der Waals surface area contributed by atoms with Crippen molar-refractivity contribution in [2.45, 2.75) is 13.0 Å². The molecule has 1 atom stereocenters. The first-order valence-electron chi connectivity index (χ1n) is 3.81. The van der Waals surface area contributed by atoms with E-state index in [9.17, 15) is 0 Å². The van der Waals surface area contributed by atoms with Crippen LogP contribution in [0.1, 0.15) is 18.5 Å². The van der Waals surface area contributed by atoms with Gasteiger partial charge in [0.05, 0.1) is 13.2 Å². The standard InChI is InChI=1S/C9H13NO2/c1-7(10-12-2)8-4-3-5-9(11)6-8/h3-7,10-11H,1-2H3. The molecule has 0 radical (unpaired) electrons. The molecule has 0 bridgehead atoms. The highest BCUT2D eigenvalue weighted by atomic mass is 16.6. The quantitative estimate of drug-likeness (QED) is 0.672. The second kappa shape index (κ2) is 4.09. The van der Waals surface area contributed by atoms with E-state index >= 15 is 0 Å². The second-order valence-corrected chi connectivity index (χ2v) is 2.64. The molecule has 3 heteroatoms. The summed E-state index contributed by atoms with van der Waals surface area (Å²) in [5.74, 6) is 0.275. The topological polar surface area (TPSA) is 41.5 Å². The molecule has 0 amide bonds. The van der Waals surface area contributed by atoms with Crippen molar-refractivity contribution in [2.75, 3.05) is 7.11 Å². The van der Waals surface area contributed by atoms with Crippen LogP contribution in [0.2, 0.25) is 0 Å². The summed E-state index contributed by atoms with van der Waals surface area (Å²) in [5.41, 5.74) is 3.77. The normalized spacial score (nSPS) is 12.8. The van der Waals surface area contributed by atoms with E-state index in [1.807, 2.05) is 13.0 Å². The van der Waals surface area contributed by atoms with Crippen LogP contribution in [0, 0.1) is 0 Å². The molecule has 0 saturated heterocycles. The molecule has 3 nitrogen and oxygen atoms in total. The summed E-state index contributed by atoms with van der Waals surface area (Å²) in [6.07, 6.45) is 0. The maximum absolute atomic E-state index is 9.16. The molecule has 1 unspecified atom stereocenters. The summed E-state index contributed by atoms with van der Waals surface area (Å²) in [6, 6.07) is 7.16. The number of benzene rings is 1. The smallest absolute Gasteiger partial charge is 0.115 e. The van der Waals surface area contributed by atoms with Crippen LogP contribution < -0.4 is 5.48 Å². The van der Waals surface area contributed by atoms with E-state index in [0.29, 0.717) is 0 Å². The summed E-state index contributed by atoms with van der Waals surface area (Å²) in [5, 5.41) is 9.16. The zero-order chi connectivity index (χ0) is 8.97. The van der Waals surface area contributed by atoms with Crippen molar-refractivity contribution in [3.8, 4) is 5.75 Å². The first-order valence-corrected chi connectivity index (χ1v) is 3.81. The first-order chi connectivity index (χ1) is 5.74. The molecule has 1 aromatic rings. The zero-order valence-corrected chi connectivity index (χ0v) is 7.24. The van der Waals surface area contributed by atoms with Crippen molar-refractivity contribution in [3.05, 3.63) is 29.8 Å². The molecule has 0 aliphatic carbocycles. The van der Waals surface area contributed by atoms with Crippen molar-refractivity contribution in [2.24, 2.45) is 0 Å². The fraction of sp³-hybridized carbons (Fsp3) is 0.333. The summed E-state index contributed by atoms with van der Waals surface area (Å²) >= 11 is 0. The molecule has 66 valence electrons. The van der Waals surface area contributed by atoms with Gasteiger partial charge in [-0.3, -0.25) is 0 Å². The van der Waals surface area contributed by atoms with Gasteiger partial charge in [0, 0.05) is 0 Å². The Balaban J connectivity index is 2.73. The highest BCUT2D eigenvalue weighted by Crippen LogP contribution is 2.17. The minimum Gasteiger partial charge on any atom is -0.508 e. The van der Waals surface area contributed by atoms with Crippen LogP contribution in [0.3, 0.4) is 0 Å². The van der Waals surface area contributed by atoms with Gasteiger partial charge in [-0.1, -0.05) is 12.1 Å². The average Bonchev–Trinajstić information content (AvgIpc) is 2.05. The highest BCUT2D eigenvalue weighted by molar-refractivity contribution is 5.28. The Morgan fingerprint density at radius 3 is 2.83 bits per heavy atom. The predicted octanol–water partition coefficient (Wildman–Crippen LogP) is 1.60. The molecule has 1 aromatic carbocycles. The molecule has 0 saturated carbocycles. The van der Waals surface area contributed by atoms with Gasteiger partial charge in [-0.15, -0.1) is 0 Å². The number of nitrogens with one attached hydrogen (secondary N) is 1. The third-order valence-corrected chi connectivity index (χ3v) is 1.66. The van der Waals surface area contributed by atoms with E-state index < -0.39 is 0 Å². The Bertz CT molecular complexity index is 250. The van der Waals surface area contributed by atoms with E-state index in [1.165, 1.54) is 0 Å². The lowest BCUT2D eigenvalue weighted by molar-refractivity contribution is 0.0658. The van der Waals surface area contributed by atoms with Gasteiger partial charge in [-0.2, -0.15) is 5.48 Å². The molecular weight excluding hydrogens is 154 g/mol. The average molecular weight is 167 g/mol. The lowest BCUT2D eigenvalue weighted by atomic mass is 10.1. The Hall–Kier alpha value is -1.06. The van der Waals surface area contributed by atoms with Crippen LogP contribution in [0.5, 0.6) is 5.75 Å². The van der Waals surface area contributed by atoms with Crippen LogP contribution in [-0.4, -0.2) is 12.2 Å². The molecule has 12 heavy (non-hydrogen) atoms. The molecule has 0 aliphatic rings. The molecule has 2 N–H and O–H groups in total. The summed E-state index contributed by atoms with van der Waals surface area (Å²) in [4.78, 5) is 4.77. The molecular formula is C9H13NO2. The zero-order valence-electron chi connectivity index (χ0n) is 7.24. The van der Waals surface area contributed by atoms with E-state index in [-0.39, 0.29) is 11.8 Å². The lowest BCUT2D eigenvalue weighted by Gasteiger charge is -2.11. The van der Waals surface area contributed by atoms with Gasteiger partial charge in [0.2, 0.25) is 0 Å². The van der Waals surface area contributed by atoms with Gasteiger partial charge < -0.3 is 9.94 Å². The van der Waals surface area contributed by atoms with E-state index in [1.54, 1.807) is 25.3 Å². The summed E-state index contributed by atoms with van der Waals surface area (Å²) < 4.78 is 0. The summed E-state index contributed by atoms with van der Waals surface area (Å²) in [7, 11) is 1.57. The largest absolute Gasteiger partial charge is 0.508 e. The molecule has 0 aliphatic heterocycles. The molecule has 0 heterocycles. The number of hydrogen-bond donors (Lipinski definition) is 2. The number of hydroxylamine groups is 1. The van der Waals surface area contributed by atoms with E-state index in [0.717, 1.165) is 5.56 Å². The minimum atomic E-state index is 0.0853. The third kappa shape index (κ3) is 2.22.